The predicted octanol–water partition coefficient (Wildman–Crippen LogP) is 3.94. The Morgan fingerprint density at radius 3 is 2.26 bits per heavy atom. The van der Waals surface area contributed by atoms with E-state index in [2.05, 4.69) is 15.3 Å². The Morgan fingerprint density at radius 2 is 1.74 bits per heavy atom. The van der Waals surface area contributed by atoms with Crippen LogP contribution in [0.3, 0.4) is 0 Å². The molecule has 0 atom stereocenters. The summed E-state index contributed by atoms with van der Waals surface area (Å²) in [5.41, 5.74) is 0.723. The van der Waals surface area contributed by atoms with Crippen molar-refractivity contribution in [1.82, 2.24) is 14.9 Å². The summed E-state index contributed by atoms with van der Waals surface area (Å²) >= 11 is 23.4. The van der Waals surface area contributed by atoms with Gasteiger partial charge in [-0.2, -0.15) is 9.78 Å². The highest BCUT2D eigenvalue weighted by atomic mass is 35.5. The van der Waals surface area contributed by atoms with E-state index in [4.69, 9.17) is 46.4 Å². The summed E-state index contributed by atoms with van der Waals surface area (Å²) in [6.07, 6.45) is 1.58. The Hall–Kier alpha value is -0.810. The molecule has 0 spiro atoms. The first-order chi connectivity index (χ1) is 9.15. The van der Waals surface area contributed by atoms with Crippen LogP contribution in [0.2, 0.25) is 10.0 Å². The molecule has 1 aromatic heterocycles. The molecule has 0 aliphatic carbocycles. The van der Waals surface area contributed by atoms with Crippen molar-refractivity contribution in [3.63, 3.8) is 0 Å². The molecule has 2 rings (SSSR count). The van der Waals surface area contributed by atoms with Crippen LogP contribution in [0.4, 0.5) is 0 Å². The highest BCUT2D eigenvalue weighted by Gasteiger charge is 2.09. The summed E-state index contributed by atoms with van der Waals surface area (Å²) < 4.78 is 1.49. The van der Waals surface area contributed by atoms with Crippen LogP contribution >= 0.6 is 46.4 Å². The molecule has 0 amide bonds. The number of aromatic nitrogens is 3. The lowest BCUT2D eigenvalue weighted by molar-refractivity contribution is 0.785. The Balaban J connectivity index is 2.34. The lowest BCUT2D eigenvalue weighted by atomic mass is 10.2. The second-order valence-corrected chi connectivity index (χ2v) is 4.90. The van der Waals surface area contributed by atoms with Crippen molar-refractivity contribution in [3.05, 3.63) is 45.5 Å². The summed E-state index contributed by atoms with van der Waals surface area (Å²) in [5.74, 6) is 1.41. The van der Waals surface area contributed by atoms with Gasteiger partial charge < -0.3 is 0 Å². The molecule has 0 fully saturated rings. The fraction of sp³-hybridized carbons (Fsp3) is 0.182. The van der Waals surface area contributed by atoms with Gasteiger partial charge >= 0.3 is 0 Å². The van der Waals surface area contributed by atoms with Gasteiger partial charge in [-0.15, -0.1) is 33.4 Å². The zero-order valence-electron chi connectivity index (χ0n) is 9.52. The van der Waals surface area contributed by atoms with Crippen LogP contribution in [0, 0.1) is 0 Å². The highest BCUT2D eigenvalue weighted by Crippen LogP contribution is 2.19. The van der Waals surface area contributed by atoms with Crippen molar-refractivity contribution in [3.8, 4) is 0 Å². The molecule has 0 aliphatic rings. The third-order valence-corrected chi connectivity index (χ3v) is 3.32. The van der Waals surface area contributed by atoms with Crippen molar-refractivity contribution in [2.75, 3.05) is 0 Å². The van der Waals surface area contributed by atoms with Gasteiger partial charge in [-0.25, -0.2) is 0 Å². The maximum absolute atomic E-state index is 6.05. The van der Waals surface area contributed by atoms with E-state index < -0.39 is 0 Å². The number of hydrogen-bond donors (Lipinski definition) is 0. The molecule has 0 N–H and O–H groups in total. The maximum atomic E-state index is 6.05. The normalized spacial score (nSPS) is 11.4. The van der Waals surface area contributed by atoms with Crippen LogP contribution in [0.25, 0.3) is 0 Å². The van der Waals surface area contributed by atoms with Gasteiger partial charge in [-0.3, -0.25) is 0 Å². The first-order valence-electron chi connectivity index (χ1n) is 5.20. The second kappa shape index (κ2) is 6.57. The lowest BCUT2D eigenvalue weighted by Gasteiger charge is -2.01. The molecule has 1 heterocycles. The minimum absolute atomic E-state index is 0.190. The van der Waals surface area contributed by atoms with E-state index in [1.807, 2.05) is 0 Å². The number of nitrogens with zero attached hydrogens (tertiary/aromatic N) is 4. The Labute approximate surface area is 129 Å². The van der Waals surface area contributed by atoms with Crippen molar-refractivity contribution in [2.45, 2.75) is 11.8 Å². The second-order valence-electron chi connectivity index (χ2n) is 3.52. The number of hydrogen-bond acceptors (Lipinski definition) is 3. The molecule has 4 nitrogen and oxygen atoms in total. The van der Waals surface area contributed by atoms with Gasteiger partial charge in [0.15, 0.2) is 11.6 Å². The third-order valence-electron chi connectivity index (χ3n) is 2.28. The van der Waals surface area contributed by atoms with Crippen LogP contribution in [0.1, 0.15) is 17.2 Å². The fourth-order valence-electron chi connectivity index (χ4n) is 1.38. The van der Waals surface area contributed by atoms with Crippen LogP contribution in [0.15, 0.2) is 23.3 Å². The van der Waals surface area contributed by atoms with Crippen molar-refractivity contribution >= 4 is 52.6 Å². The SMILES string of the molecule is ClCc1nnc(CCl)n1N=Cc1ccc(Cl)cc1Cl. The average Bonchev–Trinajstić information content (AvgIpc) is 2.79. The highest BCUT2D eigenvalue weighted by molar-refractivity contribution is 6.36. The van der Waals surface area contributed by atoms with Crippen LogP contribution in [-0.2, 0) is 11.8 Å². The van der Waals surface area contributed by atoms with E-state index in [1.54, 1.807) is 24.4 Å². The molecule has 0 unspecified atom stereocenters. The van der Waals surface area contributed by atoms with Gasteiger partial charge in [-0.1, -0.05) is 29.3 Å². The summed E-state index contributed by atoms with van der Waals surface area (Å²) in [5, 5.41) is 13.1. The standard InChI is InChI=1S/C11H8Cl4N4/c12-4-10-17-18-11(5-13)19(10)16-6-7-1-2-8(14)3-9(7)15/h1-3,6H,4-5H2. The Kier molecular flexibility index (Phi) is 5.05. The van der Waals surface area contributed by atoms with Crippen LogP contribution in [-0.4, -0.2) is 21.1 Å². The Bertz CT molecular complexity index is 587. The molecule has 2 aromatic rings. The van der Waals surface area contributed by atoms with Gasteiger partial charge in [0.2, 0.25) is 0 Å². The van der Waals surface area contributed by atoms with Crippen molar-refractivity contribution < 1.29 is 0 Å². The summed E-state index contributed by atoms with van der Waals surface area (Å²) in [4.78, 5) is 0. The zero-order chi connectivity index (χ0) is 13.8. The lowest BCUT2D eigenvalue weighted by Crippen LogP contribution is -2.00. The first-order valence-corrected chi connectivity index (χ1v) is 7.02. The third kappa shape index (κ3) is 3.39. The minimum Gasteiger partial charge on any atom is -0.199 e. The molecule has 19 heavy (non-hydrogen) atoms. The molecule has 1 aromatic carbocycles. The van der Waals surface area contributed by atoms with Gasteiger partial charge in [0.25, 0.3) is 0 Å². The summed E-state index contributed by atoms with van der Waals surface area (Å²) in [6, 6.07) is 5.13. The van der Waals surface area contributed by atoms with E-state index in [0.717, 1.165) is 5.56 Å². The minimum atomic E-state index is 0.190. The first kappa shape index (κ1) is 14.6. The van der Waals surface area contributed by atoms with Gasteiger partial charge in [-0.05, 0) is 12.1 Å². The molecule has 8 heteroatoms. The van der Waals surface area contributed by atoms with Gasteiger partial charge in [0.05, 0.1) is 23.0 Å². The number of benzene rings is 1. The number of rotatable bonds is 4. The molecule has 100 valence electrons. The predicted molar refractivity (Wildman–Crippen MR) is 78.6 cm³/mol. The quantitative estimate of drug-likeness (QED) is 0.626. The van der Waals surface area contributed by atoms with E-state index in [-0.39, 0.29) is 11.8 Å². The van der Waals surface area contributed by atoms with E-state index >= 15 is 0 Å². The van der Waals surface area contributed by atoms with Crippen LogP contribution < -0.4 is 0 Å². The average molecular weight is 338 g/mol. The molecular formula is C11H8Cl4N4. The van der Waals surface area contributed by atoms with E-state index in [9.17, 15) is 0 Å². The Morgan fingerprint density at radius 1 is 1.11 bits per heavy atom. The van der Waals surface area contributed by atoms with E-state index in [1.165, 1.54) is 4.68 Å². The number of alkyl halides is 2. The topological polar surface area (TPSA) is 43.1 Å². The largest absolute Gasteiger partial charge is 0.199 e. The molecule has 0 saturated carbocycles. The fourth-order valence-corrected chi connectivity index (χ4v) is 2.17. The van der Waals surface area contributed by atoms with Crippen molar-refractivity contribution in [1.29, 1.82) is 0 Å². The van der Waals surface area contributed by atoms with E-state index in [0.29, 0.717) is 21.7 Å². The van der Waals surface area contributed by atoms with Crippen LogP contribution in [0.5, 0.6) is 0 Å². The molecular weight excluding hydrogens is 330 g/mol. The molecule has 0 bridgehead atoms. The molecule has 0 aliphatic heterocycles. The summed E-state index contributed by atoms with van der Waals surface area (Å²) in [7, 11) is 0. The zero-order valence-corrected chi connectivity index (χ0v) is 12.5. The summed E-state index contributed by atoms with van der Waals surface area (Å²) in [6.45, 7) is 0. The van der Waals surface area contributed by atoms with Gasteiger partial charge in [0.1, 0.15) is 0 Å². The van der Waals surface area contributed by atoms with Gasteiger partial charge in [0, 0.05) is 10.6 Å². The van der Waals surface area contributed by atoms with Crippen molar-refractivity contribution in [2.24, 2.45) is 5.10 Å². The maximum Gasteiger partial charge on any atom is 0.169 e. The molecule has 0 saturated heterocycles. The smallest absolute Gasteiger partial charge is 0.169 e. The number of halogens is 4. The molecule has 0 radical (unpaired) electrons. The monoisotopic (exact) mass is 336 g/mol.